The van der Waals surface area contributed by atoms with Crippen LogP contribution in [-0.4, -0.2) is 4.98 Å². The Hall–Kier alpha value is -0.760. The van der Waals surface area contributed by atoms with Gasteiger partial charge in [-0.3, -0.25) is 4.98 Å². The smallest absolute Gasteiger partial charge is 0.0794 e. The summed E-state index contributed by atoms with van der Waals surface area (Å²) in [6, 6.07) is 1.96. The molecule has 0 aliphatic carbocycles. The van der Waals surface area contributed by atoms with Crippen LogP contribution in [0.25, 0.3) is 5.57 Å². The number of aryl methyl sites for hydroxylation is 1. The average molecular weight is 193 g/mol. The molecule has 0 amide bonds. The molecule has 0 unspecified atom stereocenters. The number of aromatic nitrogens is 1. The van der Waals surface area contributed by atoms with E-state index in [9.17, 15) is 0 Å². The molecule has 0 aromatic carbocycles. The van der Waals surface area contributed by atoms with Crippen molar-refractivity contribution in [2.45, 2.75) is 25.7 Å². The summed E-state index contributed by atoms with van der Waals surface area (Å²) in [5, 5.41) is 0. The van der Waals surface area contributed by atoms with Crippen LogP contribution in [0.5, 0.6) is 0 Å². The molecule has 1 aromatic rings. The van der Waals surface area contributed by atoms with Crippen molar-refractivity contribution in [1.82, 2.24) is 4.98 Å². The predicted molar refractivity (Wildman–Crippen MR) is 60.1 cm³/mol. The van der Waals surface area contributed by atoms with Crippen LogP contribution < -0.4 is 0 Å². The van der Waals surface area contributed by atoms with E-state index in [-0.39, 0.29) is 0 Å². The molecule has 1 rings (SSSR count). The zero-order valence-corrected chi connectivity index (χ0v) is 9.23. The Balaban J connectivity index is 3.15. The Labute approximate surface area is 85.3 Å². The van der Waals surface area contributed by atoms with Crippen molar-refractivity contribution in [3.05, 3.63) is 30.1 Å². The molecule has 0 N–H and O–H groups in total. The summed E-state index contributed by atoms with van der Waals surface area (Å²) >= 11 is 4.42. The Morgan fingerprint density at radius 3 is 2.69 bits per heavy atom. The number of hydrogen-bond acceptors (Lipinski definition) is 2. The molecule has 0 spiro atoms. The largest absolute Gasteiger partial charge is 0.255 e. The highest BCUT2D eigenvalue weighted by atomic mass is 32.1. The Morgan fingerprint density at radius 1 is 1.54 bits per heavy atom. The zero-order chi connectivity index (χ0) is 10.0. The molecule has 0 atom stereocenters. The highest BCUT2D eigenvalue weighted by Gasteiger charge is 2.09. The summed E-state index contributed by atoms with van der Waals surface area (Å²) in [6.45, 7) is 10.3. The van der Waals surface area contributed by atoms with Crippen molar-refractivity contribution in [3.63, 3.8) is 0 Å². The van der Waals surface area contributed by atoms with Gasteiger partial charge in [-0.15, -0.1) is 12.6 Å². The summed E-state index contributed by atoms with van der Waals surface area (Å²) in [6.07, 6.45) is 1.80. The lowest BCUT2D eigenvalue weighted by Crippen LogP contribution is -1.97. The van der Waals surface area contributed by atoms with E-state index in [1.807, 2.05) is 13.0 Å². The monoisotopic (exact) mass is 193 g/mol. The first-order valence-corrected chi connectivity index (χ1v) is 4.82. The molecule has 0 saturated heterocycles. The van der Waals surface area contributed by atoms with Crippen LogP contribution in [0.4, 0.5) is 0 Å². The van der Waals surface area contributed by atoms with Gasteiger partial charge in [0.05, 0.1) is 5.69 Å². The summed E-state index contributed by atoms with van der Waals surface area (Å²) in [7, 11) is 0. The van der Waals surface area contributed by atoms with Gasteiger partial charge in [0.1, 0.15) is 0 Å². The third-order valence-electron chi connectivity index (χ3n) is 2.13. The Morgan fingerprint density at radius 2 is 2.15 bits per heavy atom. The average Bonchev–Trinajstić information content (AvgIpc) is 2.08. The molecule has 0 radical (unpaired) electrons. The number of allylic oxidation sites excluding steroid dienone is 1. The lowest BCUT2D eigenvalue weighted by molar-refractivity contribution is 0.844. The van der Waals surface area contributed by atoms with Crippen LogP contribution in [0.2, 0.25) is 0 Å². The van der Waals surface area contributed by atoms with Crippen LogP contribution in [0.15, 0.2) is 23.7 Å². The minimum atomic E-state index is 0.417. The second kappa shape index (κ2) is 3.97. The van der Waals surface area contributed by atoms with Gasteiger partial charge in [0.25, 0.3) is 0 Å². The first kappa shape index (κ1) is 10.3. The fraction of sp³-hybridized carbons (Fsp3) is 0.364. The molecule has 0 saturated carbocycles. The highest BCUT2D eigenvalue weighted by Crippen LogP contribution is 2.26. The van der Waals surface area contributed by atoms with Crippen LogP contribution >= 0.6 is 12.6 Å². The van der Waals surface area contributed by atoms with Crippen molar-refractivity contribution < 1.29 is 0 Å². The fourth-order valence-electron chi connectivity index (χ4n) is 1.06. The van der Waals surface area contributed by atoms with Gasteiger partial charge >= 0.3 is 0 Å². The number of hydrogen-bond donors (Lipinski definition) is 1. The molecule has 0 aliphatic heterocycles. The lowest BCUT2D eigenvalue weighted by atomic mass is 10.0. The van der Waals surface area contributed by atoms with Gasteiger partial charge in [-0.25, -0.2) is 0 Å². The van der Waals surface area contributed by atoms with E-state index in [4.69, 9.17) is 0 Å². The van der Waals surface area contributed by atoms with Crippen molar-refractivity contribution in [1.29, 1.82) is 0 Å². The van der Waals surface area contributed by atoms with Crippen LogP contribution in [0.1, 0.15) is 25.1 Å². The van der Waals surface area contributed by atoms with Crippen LogP contribution in [-0.2, 0) is 0 Å². The molecular formula is C11H15NS. The van der Waals surface area contributed by atoms with Crippen molar-refractivity contribution in [2.75, 3.05) is 0 Å². The number of thiol groups is 1. The molecule has 70 valence electrons. The van der Waals surface area contributed by atoms with E-state index in [1.165, 1.54) is 0 Å². The fourth-order valence-corrected chi connectivity index (χ4v) is 1.33. The molecule has 2 heteroatoms. The molecular weight excluding hydrogens is 178 g/mol. The normalized spacial score (nSPS) is 10.5. The van der Waals surface area contributed by atoms with E-state index in [2.05, 4.69) is 38.0 Å². The zero-order valence-electron chi connectivity index (χ0n) is 8.33. The molecule has 13 heavy (non-hydrogen) atoms. The van der Waals surface area contributed by atoms with Crippen molar-refractivity contribution in [3.8, 4) is 0 Å². The molecule has 0 fully saturated rings. The standard InChI is InChI=1S/C11H15NS/c1-7(2)9(4)10-11(13)8(3)5-6-12-10/h5-7,13H,4H2,1-3H3. The van der Waals surface area contributed by atoms with Gasteiger partial charge in [0, 0.05) is 11.1 Å². The van der Waals surface area contributed by atoms with E-state index in [0.717, 1.165) is 21.7 Å². The molecule has 0 bridgehead atoms. The third-order valence-corrected chi connectivity index (χ3v) is 2.69. The van der Waals surface area contributed by atoms with E-state index in [0.29, 0.717) is 5.92 Å². The van der Waals surface area contributed by atoms with E-state index < -0.39 is 0 Å². The quantitative estimate of drug-likeness (QED) is 0.711. The predicted octanol–water partition coefficient (Wildman–Crippen LogP) is 3.35. The van der Waals surface area contributed by atoms with Crippen LogP contribution in [0.3, 0.4) is 0 Å². The SMILES string of the molecule is C=C(c1nccc(C)c1S)C(C)C. The Bertz CT molecular complexity index is 329. The molecule has 1 nitrogen and oxygen atoms in total. The summed E-state index contributed by atoms with van der Waals surface area (Å²) in [5.41, 5.74) is 3.13. The van der Waals surface area contributed by atoms with Gasteiger partial charge in [-0.05, 0) is 30.0 Å². The minimum Gasteiger partial charge on any atom is -0.255 e. The van der Waals surface area contributed by atoms with Gasteiger partial charge in [-0.1, -0.05) is 20.4 Å². The first-order chi connectivity index (χ1) is 6.04. The van der Waals surface area contributed by atoms with Gasteiger partial charge in [0.15, 0.2) is 0 Å². The van der Waals surface area contributed by atoms with Gasteiger partial charge < -0.3 is 0 Å². The summed E-state index contributed by atoms with van der Waals surface area (Å²) in [5.74, 6) is 0.417. The lowest BCUT2D eigenvalue weighted by Gasteiger charge is -2.11. The molecule has 1 aromatic heterocycles. The van der Waals surface area contributed by atoms with Crippen LogP contribution in [0, 0.1) is 12.8 Å². The van der Waals surface area contributed by atoms with Crippen molar-refractivity contribution >= 4 is 18.2 Å². The number of nitrogens with zero attached hydrogens (tertiary/aromatic N) is 1. The number of pyridine rings is 1. The first-order valence-electron chi connectivity index (χ1n) is 4.37. The second-order valence-electron chi connectivity index (χ2n) is 3.51. The highest BCUT2D eigenvalue weighted by molar-refractivity contribution is 7.80. The maximum atomic E-state index is 4.42. The van der Waals surface area contributed by atoms with Gasteiger partial charge in [0.2, 0.25) is 0 Å². The second-order valence-corrected chi connectivity index (χ2v) is 3.95. The maximum absolute atomic E-state index is 4.42. The minimum absolute atomic E-state index is 0.417. The molecule has 1 heterocycles. The van der Waals surface area contributed by atoms with Crippen molar-refractivity contribution in [2.24, 2.45) is 5.92 Å². The maximum Gasteiger partial charge on any atom is 0.0794 e. The Kier molecular flexibility index (Phi) is 3.15. The third kappa shape index (κ3) is 2.13. The summed E-state index contributed by atoms with van der Waals surface area (Å²) < 4.78 is 0. The topological polar surface area (TPSA) is 12.9 Å². The molecule has 0 aliphatic rings. The van der Waals surface area contributed by atoms with E-state index >= 15 is 0 Å². The summed E-state index contributed by atoms with van der Waals surface area (Å²) in [4.78, 5) is 5.23. The van der Waals surface area contributed by atoms with E-state index in [1.54, 1.807) is 6.20 Å². The van der Waals surface area contributed by atoms with Gasteiger partial charge in [-0.2, -0.15) is 0 Å². The number of rotatable bonds is 2.